The van der Waals surface area contributed by atoms with Crippen molar-refractivity contribution in [3.63, 3.8) is 0 Å². The zero-order valence-corrected chi connectivity index (χ0v) is 11.5. The fraction of sp³-hybridized carbons (Fsp3) is 0.467. The fourth-order valence-corrected chi connectivity index (χ4v) is 2.25. The van der Waals surface area contributed by atoms with Gasteiger partial charge in [0.05, 0.1) is 6.10 Å². The van der Waals surface area contributed by atoms with Gasteiger partial charge in [0.2, 0.25) is 0 Å². The lowest BCUT2D eigenvalue weighted by atomic mass is 10.2. The minimum absolute atomic E-state index is 0.228. The second-order valence-corrected chi connectivity index (χ2v) is 5.09. The lowest BCUT2D eigenvalue weighted by molar-refractivity contribution is -0.138. The zero-order valence-electron chi connectivity index (χ0n) is 11.5. The Morgan fingerprint density at radius 1 is 1.35 bits per heavy atom. The molecule has 0 heterocycles. The molecule has 0 saturated heterocycles. The average molecular weight is 277 g/mol. The van der Waals surface area contributed by atoms with E-state index in [0.717, 1.165) is 12.8 Å². The lowest BCUT2D eigenvalue weighted by Crippen LogP contribution is -2.38. The van der Waals surface area contributed by atoms with Crippen molar-refractivity contribution in [3.8, 4) is 5.75 Å². The van der Waals surface area contributed by atoms with Crippen molar-refractivity contribution < 1.29 is 19.4 Å². The maximum absolute atomic E-state index is 11.9. The second kappa shape index (κ2) is 6.41. The Morgan fingerprint density at radius 3 is 2.70 bits per heavy atom. The summed E-state index contributed by atoms with van der Waals surface area (Å²) in [6.45, 7) is 1.43. The molecule has 1 atom stereocenters. The van der Waals surface area contributed by atoms with Crippen molar-refractivity contribution in [2.24, 2.45) is 0 Å². The Hall–Kier alpha value is -2.04. The minimum Gasteiger partial charge on any atom is -0.490 e. The Kier molecular flexibility index (Phi) is 4.61. The van der Waals surface area contributed by atoms with Gasteiger partial charge in [0.15, 0.2) is 0 Å². The molecule has 1 saturated carbocycles. The topological polar surface area (TPSA) is 75.6 Å². The first-order valence-corrected chi connectivity index (χ1v) is 6.86. The average Bonchev–Trinajstić information content (AvgIpc) is 2.91. The van der Waals surface area contributed by atoms with Crippen LogP contribution in [0, 0.1) is 0 Å². The van der Waals surface area contributed by atoms with E-state index in [1.165, 1.54) is 19.8 Å². The number of carboxylic acid groups (broad SMARTS) is 1. The van der Waals surface area contributed by atoms with Crippen LogP contribution in [0.1, 0.15) is 43.0 Å². The highest BCUT2D eigenvalue weighted by molar-refractivity contribution is 5.96. The predicted molar refractivity (Wildman–Crippen MR) is 73.9 cm³/mol. The molecule has 5 nitrogen and oxygen atoms in total. The molecule has 0 aliphatic heterocycles. The van der Waals surface area contributed by atoms with Crippen molar-refractivity contribution >= 4 is 11.9 Å². The van der Waals surface area contributed by atoms with Crippen LogP contribution < -0.4 is 10.1 Å². The first kappa shape index (κ1) is 14.4. The molecule has 2 N–H and O–H groups in total. The van der Waals surface area contributed by atoms with Gasteiger partial charge in [-0.2, -0.15) is 0 Å². The Labute approximate surface area is 117 Å². The Morgan fingerprint density at radius 2 is 2.05 bits per heavy atom. The molecule has 1 amide bonds. The molecule has 2 rings (SSSR count). The second-order valence-electron chi connectivity index (χ2n) is 5.09. The van der Waals surface area contributed by atoms with Crippen LogP contribution in [0.5, 0.6) is 5.75 Å². The van der Waals surface area contributed by atoms with Gasteiger partial charge in [-0.15, -0.1) is 0 Å². The number of hydrogen-bond donors (Lipinski definition) is 2. The van der Waals surface area contributed by atoms with E-state index in [4.69, 9.17) is 9.84 Å². The molecule has 0 radical (unpaired) electrons. The van der Waals surface area contributed by atoms with Crippen LogP contribution in [0.15, 0.2) is 24.3 Å². The standard InChI is InChI=1S/C15H19NO4/c1-10(15(18)19)16-14(17)11-5-4-8-13(9-11)20-12-6-2-3-7-12/h4-5,8-10,12H,2-3,6-7H2,1H3,(H,16,17)(H,18,19)/t10-/m1/s1. The summed E-state index contributed by atoms with van der Waals surface area (Å²) >= 11 is 0. The van der Waals surface area contributed by atoms with Gasteiger partial charge in [-0.05, 0) is 50.8 Å². The van der Waals surface area contributed by atoms with Crippen LogP contribution in [0.3, 0.4) is 0 Å². The fourth-order valence-electron chi connectivity index (χ4n) is 2.25. The van der Waals surface area contributed by atoms with E-state index >= 15 is 0 Å². The quantitative estimate of drug-likeness (QED) is 0.865. The number of aliphatic carboxylic acids is 1. The van der Waals surface area contributed by atoms with E-state index in [-0.39, 0.29) is 6.10 Å². The maximum Gasteiger partial charge on any atom is 0.325 e. The molecule has 5 heteroatoms. The highest BCUT2D eigenvalue weighted by Gasteiger charge is 2.18. The van der Waals surface area contributed by atoms with E-state index in [2.05, 4.69) is 5.32 Å². The molecule has 1 fully saturated rings. The Balaban J connectivity index is 2.01. The van der Waals surface area contributed by atoms with E-state index in [9.17, 15) is 9.59 Å². The van der Waals surface area contributed by atoms with Gasteiger partial charge in [-0.1, -0.05) is 6.07 Å². The first-order chi connectivity index (χ1) is 9.56. The summed E-state index contributed by atoms with van der Waals surface area (Å²) in [4.78, 5) is 22.6. The number of carbonyl (C=O) groups excluding carboxylic acids is 1. The van der Waals surface area contributed by atoms with Gasteiger partial charge in [-0.25, -0.2) is 0 Å². The lowest BCUT2D eigenvalue weighted by Gasteiger charge is -2.14. The minimum atomic E-state index is -1.06. The summed E-state index contributed by atoms with van der Waals surface area (Å²) in [6, 6.07) is 5.94. The highest BCUT2D eigenvalue weighted by atomic mass is 16.5. The van der Waals surface area contributed by atoms with Crippen LogP contribution >= 0.6 is 0 Å². The van der Waals surface area contributed by atoms with Crippen LogP contribution in [0.2, 0.25) is 0 Å². The number of amides is 1. The number of ether oxygens (including phenoxy) is 1. The van der Waals surface area contributed by atoms with Gasteiger partial charge in [0.25, 0.3) is 5.91 Å². The zero-order chi connectivity index (χ0) is 14.5. The molecule has 20 heavy (non-hydrogen) atoms. The Bertz CT molecular complexity index is 494. The number of benzene rings is 1. The third-order valence-corrected chi connectivity index (χ3v) is 3.42. The normalized spacial score (nSPS) is 16.6. The van der Waals surface area contributed by atoms with Gasteiger partial charge in [0, 0.05) is 5.56 Å². The molecule has 1 aromatic rings. The molecule has 0 unspecified atom stereocenters. The molecular weight excluding hydrogens is 258 g/mol. The van der Waals surface area contributed by atoms with E-state index in [0.29, 0.717) is 11.3 Å². The van der Waals surface area contributed by atoms with Crippen molar-refractivity contribution in [2.45, 2.75) is 44.8 Å². The molecule has 1 aliphatic rings. The third-order valence-electron chi connectivity index (χ3n) is 3.42. The van der Waals surface area contributed by atoms with Crippen molar-refractivity contribution in [2.75, 3.05) is 0 Å². The number of nitrogens with one attached hydrogen (secondary N) is 1. The van der Waals surface area contributed by atoms with E-state index in [1.807, 2.05) is 6.07 Å². The number of hydrogen-bond acceptors (Lipinski definition) is 3. The summed E-state index contributed by atoms with van der Waals surface area (Å²) < 4.78 is 5.82. The number of rotatable bonds is 5. The van der Waals surface area contributed by atoms with Crippen LogP contribution in [-0.2, 0) is 4.79 Å². The van der Waals surface area contributed by atoms with E-state index < -0.39 is 17.9 Å². The molecule has 0 spiro atoms. The summed E-state index contributed by atoms with van der Waals surface area (Å²) in [5.74, 6) is -0.805. The van der Waals surface area contributed by atoms with Crippen molar-refractivity contribution in [1.29, 1.82) is 0 Å². The molecule has 0 aromatic heterocycles. The number of carbonyl (C=O) groups is 2. The largest absolute Gasteiger partial charge is 0.490 e. The number of carboxylic acids is 1. The molecule has 1 aliphatic carbocycles. The highest BCUT2D eigenvalue weighted by Crippen LogP contribution is 2.24. The molecule has 1 aromatic carbocycles. The first-order valence-electron chi connectivity index (χ1n) is 6.86. The van der Waals surface area contributed by atoms with Crippen molar-refractivity contribution in [1.82, 2.24) is 5.32 Å². The monoisotopic (exact) mass is 277 g/mol. The SMILES string of the molecule is C[C@@H](NC(=O)c1cccc(OC2CCCC2)c1)C(=O)O. The van der Waals surface area contributed by atoms with Gasteiger partial charge < -0.3 is 15.2 Å². The molecular formula is C15H19NO4. The van der Waals surface area contributed by atoms with Gasteiger partial charge >= 0.3 is 5.97 Å². The predicted octanol–water partition coefficient (Wildman–Crippen LogP) is 2.21. The summed E-state index contributed by atoms with van der Waals surface area (Å²) in [6.07, 6.45) is 4.69. The van der Waals surface area contributed by atoms with Gasteiger partial charge in [0.1, 0.15) is 11.8 Å². The summed E-state index contributed by atoms with van der Waals surface area (Å²) in [5, 5.41) is 11.2. The maximum atomic E-state index is 11.9. The van der Waals surface area contributed by atoms with Crippen LogP contribution in [-0.4, -0.2) is 29.1 Å². The van der Waals surface area contributed by atoms with E-state index in [1.54, 1.807) is 18.2 Å². The smallest absolute Gasteiger partial charge is 0.325 e. The van der Waals surface area contributed by atoms with Crippen LogP contribution in [0.4, 0.5) is 0 Å². The molecule has 0 bridgehead atoms. The summed E-state index contributed by atoms with van der Waals surface area (Å²) in [5.41, 5.74) is 0.411. The van der Waals surface area contributed by atoms with Crippen LogP contribution in [0.25, 0.3) is 0 Å². The summed E-state index contributed by atoms with van der Waals surface area (Å²) in [7, 11) is 0. The van der Waals surface area contributed by atoms with Gasteiger partial charge in [-0.3, -0.25) is 9.59 Å². The molecule has 108 valence electrons. The third kappa shape index (κ3) is 3.73. The van der Waals surface area contributed by atoms with Crippen molar-refractivity contribution in [3.05, 3.63) is 29.8 Å².